The fourth-order valence-electron chi connectivity index (χ4n) is 0.626. The summed E-state index contributed by atoms with van der Waals surface area (Å²) in [7, 11) is 0.158. The van der Waals surface area contributed by atoms with E-state index >= 15 is 0 Å². The summed E-state index contributed by atoms with van der Waals surface area (Å²) in [6.07, 6.45) is 0.910. The average molecular weight is 179 g/mol. The molecule has 0 aromatic rings. The van der Waals surface area contributed by atoms with Gasteiger partial charge in [0.05, 0.1) is 5.75 Å². The van der Waals surface area contributed by atoms with Crippen molar-refractivity contribution >= 4 is 10.0 Å². The molecule has 68 valence electrons. The number of nitrogens with zero attached hydrogens (tertiary/aromatic N) is 1. The third kappa shape index (κ3) is 3.72. The minimum atomic E-state index is -2.98. The van der Waals surface area contributed by atoms with Crippen LogP contribution in [0.5, 0.6) is 0 Å². The van der Waals surface area contributed by atoms with E-state index in [0.29, 0.717) is 0 Å². The van der Waals surface area contributed by atoms with E-state index in [1.807, 2.05) is 13.8 Å². The first-order valence-electron chi connectivity index (χ1n) is 3.80. The zero-order valence-electron chi connectivity index (χ0n) is 7.66. The van der Waals surface area contributed by atoms with Crippen molar-refractivity contribution in [1.82, 2.24) is 4.31 Å². The molecule has 0 aromatic carbocycles. The Morgan fingerprint density at radius 3 is 2.09 bits per heavy atom. The molecule has 1 unspecified atom stereocenters. The molecule has 0 spiro atoms. The molecule has 0 aliphatic rings. The smallest absolute Gasteiger partial charge is 0.212 e. The van der Waals surface area contributed by atoms with E-state index in [9.17, 15) is 8.42 Å². The van der Waals surface area contributed by atoms with Gasteiger partial charge in [0.2, 0.25) is 10.0 Å². The van der Waals surface area contributed by atoms with E-state index in [1.54, 1.807) is 14.1 Å². The molecule has 0 fully saturated rings. The van der Waals surface area contributed by atoms with Gasteiger partial charge in [-0.2, -0.15) is 0 Å². The van der Waals surface area contributed by atoms with Gasteiger partial charge < -0.3 is 0 Å². The van der Waals surface area contributed by atoms with Crippen molar-refractivity contribution in [2.75, 3.05) is 19.8 Å². The van der Waals surface area contributed by atoms with Gasteiger partial charge in [-0.25, -0.2) is 12.7 Å². The van der Waals surface area contributed by atoms with Gasteiger partial charge in [0.25, 0.3) is 0 Å². The van der Waals surface area contributed by atoms with Crippen LogP contribution in [0.2, 0.25) is 0 Å². The highest BCUT2D eigenvalue weighted by Gasteiger charge is 2.16. The van der Waals surface area contributed by atoms with E-state index in [4.69, 9.17) is 0 Å². The average Bonchev–Trinajstić information content (AvgIpc) is 1.86. The number of sulfonamides is 1. The van der Waals surface area contributed by atoms with Crippen molar-refractivity contribution < 1.29 is 8.42 Å². The van der Waals surface area contributed by atoms with Crippen LogP contribution in [0.1, 0.15) is 20.3 Å². The summed E-state index contributed by atoms with van der Waals surface area (Å²) < 4.78 is 23.7. The second-order valence-electron chi connectivity index (χ2n) is 3.07. The second kappa shape index (κ2) is 4.07. The number of hydrogen-bond donors (Lipinski definition) is 0. The Kier molecular flexibility index (Phi) is 4.03. The summed E-state index contributed by atoms with van der Waals surface area (Å²) >= 11 is 0. The minimum absolute atomic E-state index is 0.252. The number of hydrogen-bond acceptors (Lipinski definition) is 2. The van der Waals surface area contributed by atoms with Gasteiger partial charge >= 0.3 is 0 Å². The van der Waals surface area contributed by atoms with E-state index < -0.39 is 10.0 Å². The van der Waals surface area contributed by atoms with Crippen LogP contribution in [0, 0.1) is 5.92 Å². The third-order valence-electron chi connectivity index (χ3n) is 1.75. The van der Waals surface area contributed by atoms with Crippen molar-refractivity contribution in [3.05, 3.63) is 0 Å². The van der Waals surface area contributed by atoms with Crippen molar-refractivity contribution in [2.24, 2.45) is 5.92 Å². The molecule has 3 nitrogen and oxygen atoms in total. The van der Waals surface area contributed by atoms with Crippen molar-refractivity contribution in [1.29, 1.82) is 0 Å². The van der Waals surface area contributed by atoms with Gasteiger partial charge in [-0.3, -0.25) is 0 Å². The van der Waals surface area contributed by atoms with Crippen molar-refractivity contribution in [2.45, 2.75) is 20.3 Å². The van der Waals surface area contributed by atoms with Crippen LogP contribution in [0.15, 0.2) is 0 Å². The largest absolute Gasteiger partial charge is 0.213 e. The molecule has 0 radical (unpaired) electrons. The first-order chi connectivity index (χ1) is 4.90. The van der Waals surface area contributed by atoms with E-state index in [0.717, 1.165) is 6.42 Å². The van der Waals surface area contributed by atoms with E-state index in [2.05, 4.69) is 0 Å². The van der Waals surface area contributed by atoms with Crippen molar-refractivity contribution in [3.8, 4) is 0 Å². The molecule has 1 atom stereocenters. The molecule has 0 saturated heterocycles. The van der Waals surface area contributed by atoms with Gasteiger partial charge in [0, 0.05) is 14.1 Å². The highest BCUT2D eigenvalue weighted by Crippen LogP contribution is 2.06. The summed E-state index contributed by atoms with van der Waals surface area (Å²) in [6.45, 7) is 3.94. The molecule has 0 aliphatic carbocycles. The van der Waals surface area contributed by atoms with Gasteiger partial charge in [0.1, 0.15) is 0 Å². The maximum atomic E-state index is 11.2. The molecule has 0 heterocycles. The minimum Gasteiger partial charge on any atom is -0.212 e. The monoisotopic (exact) mass is 179 g/mol. The first-order valence-corrected chi connectivity index (χ1v) is 5.41. The maximum absolute atomic E-state index is 11.2. The lowest BCUT2D eigenvalue weighted by Crippen LogP contribution is -2.27. The van der Waals surface area contributed by atoms with Crippen LogP contribution in [0.4, 0.5) is 0 Å². The zero-order chi connectivity index (χ0) is 9.07. The van der Waals surface area contributed by atoms with E-state index in [1.165, 1.54) is 4.31 Å². The maximum Gasteiger partial charge on any atom is 0.213 e. The molecule has 0 aromatic heterocycles. The molecule has 0 N–H and O–H groups in total. The Bertz CT molecular complexity index is 196. The molecule has 4 heteroatoms. The summed E-state index contributed by atoms with van der Waals surface area (Å²) in [6, 6.07) is 0. The summed E-state index contributed by atoms with van der Waals surface area (Å²) in [5.41, 5.74) is 0. The molecule has 0 saturated carbocycles. The lowest BCUT2D eigenvalue weighted by molar-refractivity contribution is 0.501. The predicted octanol–water partition coefficient (Wildman–Crippen LogP) is 0.924. The first kappa shape index (κ1) is 10.9. The fourth-order valence-corrected chi connectivity index (χ4v) is 1.88. The van der Waals surface area contributed by atoms with Crippen LogP contribution >= 0.6 is 0 Å². The van der Waals surface area contributed by atoms with Gasteiger partial charge in [0.15, 0.2) is 0 Å². The zero-order valence-corrected chi connectivity index (χ0v) is 8.48. The highest BCUT2D eigenvalue weighted by atomic mass is 32.2. The Hall–Kier alpha value is -0.0900. The molecule has 0 amide bonds. The standard InChI is InChI=1S/C7H17NO2S/c1-5-7(2)6-11(9,10)8(3)4/h7H,5-6H2,1-4H3. The summed E-state index contributed by atoms with van der Waals surface area (Å²) in [5, 5.41) is 0. The normalized spacial score (nSPS) is 15.4. The Morgan fingerprint density at radius 1 is 1.36 bits per heavy atom. The summed E-state index contributed by atoms with van der Waals surface area (Å²) in [5.74, 6) is 0.513. The van der Waals surface area contributed by atoms with Crippen LogP contribution < -0.4 is 0 Å². The van der Waals surface area contributed by atoms with Gasteiger partial charge in [-0.15, -0.1) is 0 Å². The fraction of sp³-hybridized carbons (Fsp3) is 1.00. The van der Waals surface area contributed by atoms with Crippen molar-refractivity contribution in [3.63, 3.8) is 0 Å². The van der Waals surface area contributed by atoms with Crippen LogP contribution in [0.3, 0.4) is 0 Å². The molecular weight excluding hydrogens is 162 g/mol. The SMILES string of the molecule is CCC(C)CS(=O)(=O)N(C)C. The lowest BCUT2D eigenvalue weighted by Gasteiger charge is -2.14. The molecular formula is C7H17NO2S. The Labute approximate surface area is 69.4 Å². The van der Waals surface area contributed by atoms with Crippen LogP contribution in [-0.2, 0) is 10.0 Å². The predicted molar refractivity (Wildman–Crippen MR) is 46.9 cm³/mol. The summed E-state index contributed by atoms with van der Waals surface area (Å²) in [4.78, 5) is 0. The Balaban J connectivity index is 4.15. The lowest BCUT2D eigenvalue weighted by atomic mass is 10.2. The number of rotatable bonds is 4. The van der Waals surface area contributed by atoms with Gasteiger partial charge in [-0.05, 0) is 5.92 Å². The molecule has 0 bridgehead atoms. The van der Waals surface area contributed by atoms with Crippen LogP contribution in [0.25, 0.3) is 0 Å². The third-order valence-corrected chi connectivity index (χ3v) is 3.85. The molecule has 0 aliphatic heterocycles. The Morgan fingerprint density at radius 2 is 1.82 bits per heavy atom. The van der Waals surface area contributed by atoms with Gasteiger partial charge in [-0.1, -0.05) is 20.3 Å². The molecule has 0 rings (SSSR count). The quantitative estimate of drug-likeness (QED) is 0.643. The highest BCUT2D eigenvalue weighted by molar-refractivity contribution is 7.89. The van der Waals surface area contributed by atoms with Crippen LogP contribution in [-0.4, -0.2) is 32.6 Å². The van der Waals surface area contributed by atoms with E-state index in [-0.39, 0.29) is 11.7 Å². The topological polar surface area (TPSA) is 37.4 Å². The second-order valence-corrected chi connectivity index (χ2v) is 5.30. The molecule has 11 heavy (non-hydrogen) atoms.